The van der Waals surface area contributed by atoms with Crippen LogP contribution >= 0.6 is 31.9 Å². The topological polar surface area (TPSA) is 9.23 Å². The summed E-state index contributed by atoms with van der Waals surface area (Å²) in [6.07, 6.45) is 0. The summed E-state index contributed by atoms with van der Waals surface area (Å²) in [7, 11) is 1.64. The number of halogens is 3. The second kappa shape index (κ2) is 6.06. The second-order valence-corrected chi connectivity index (χ2v) is 6.09. The third-order valence-corrected chi connectivity index (χ3v) is 4.45. The van der Waals surface area contributed by atoms with Crippen LogP contribution in [0, 0.1) is 12.7 Å². The van der Waals surface area contributed by atoms with Crippen LogP contribution in [-0.2, 0) is 0 Å². The van der Waals surface area contributed by atoms with E-state index in [9.17, 15) is 4.39 Å². The minimum absolute atomic E-state index is 0.0424. The molecule has 19 heavy (non-hydrogen) atoms. The van der Waals surface area contributed by atoms with Crippen LogP contribution in [0.3, 0.4) is 0 Å². The molecule has 0 spiro atoms. The van der Waals surface area contributed by atoms with E-state index in [0.29, 0.717) is 5.56 Å². The zero-order valence-electron chi connectivity index (χ0n) is 10.6. The van der Waals surface area contributed by atoms with Crippen LogP contribution in [0.4, 0.5) is 4.39 Å². The average Bonchev–Trinajstić information content (AvgIpc) is 2.41. The van der Waals surface area contributed by atoms with Crippen molar-refractivity contribution in [2.24, 2.45) is 0 Å². The molecule has 0 saturated carbocycles. The fourth-order valence-electron chi connectivity index (χ4n) is 1.91. The largest absolute Gasteiger partial charge is 0.496 e. The number of rotatable bonds is 3. The van der Waals surface area contributed by atoms with Gasteiger partial charge in [0.05, 0.1) is 11.9 Å². The quantitative estimate of drug-likeness (QED) is 0.641. The highest BCUT2D eigenvalue weighted by atomic mass is 79.9. The third kappa shape index (κ3) is 3.18. The van der Waals surface area contributed by atoms with Gasteiger partial charge in [0.15, 0.2) is 0 Å². The van der Waals surface area contributed by atoms with Gasteiger partial charge >= 0.3 is 0 Å². The SMILES string of the molecule is COc1ccc(Br)cc1C(Br)c1ccc(F)c(C)c1. The van der Waals surface area contributed by atoms with Crippen LogP contribution in [0.15, 0.2) is 40.9 Å². The van der Waals surface area contributed by atoms with Crippen molar-refractivity contribution >= 4 is 31.9 Å². The fraction of sp³-hybridized carbons (Fsp3) is 0.200. The summed E-state index contributed by atoms with van der Waals surface area (Å²) in [5.41, 5.74) is 2.63. The maximum atomic E-state index is 13.3. The molecule has 0 fully saturated rings. The van der Waals surface area contributed by atoms with Crippen molar-refractivity contribution < 1.29 is 9.13 Å². The lowest BCUT2D eigenvalue weighted by Gasteiger charge is -2.16. The number of benzene rings is 2. The number of ether oxygens (including phenoxy) is 1. The maximum absolute atomic E-state index is 13.3. The van der Waals surface area contributed by atoms with E-state index >= 15 is 0 Å². The van der Waals surface area contributed by atoms with Crippen LogP contribution in [0.1, 0.15) is 21.5 Å². The molecule has 0 aliphatic carbocycles. The number of methoxy groups -OCH3 is 1. The average molecular weight is 388 g/mol. The minimum atomic E-state index is -0.190. The van der Waals surface area contributed by atoms with Crippen LogP contribution in [0.2, 0.25) is 0 Å². The molecule has 1 unspecified atom stereocenters. The lowest BCUT2D eigenvalue weighted by Crippen LogP contribution is -1.98. The first-order chi connectivity index (χ1) is 9.02. The van der Waals surface area contributed by atoms with E-state index in [1.165, 1.54) is 6.07 Å². The predicted octanol–water partition coefficient (Wildman–Crippen LogP) is 5.39. The molecule has 4 heteroatoms. The summed E-state index contributed by atoms with van der Waals surface area (Å²) in [5.74, 6) is 0.608. The lowest BCUT2D eigenvalue weighted by atomic mass is 10.0. The molecule has 0 N–H and O–H groups in total. The highest BCUT2D eigenvalue weighted by Crippen LogP contribution is 2.38. The Kier molecular flexibility index (Phi) is 4.63. The Morgan fingerprint density at radius 2 is 1.89 bits per heavy atom. The summed E-state index contributed by atoms with van der Waals surface area (Å²) in [6.45, 7) is 1.76. The van der Waals surface area contributed by atoms with Gasteiger partial charge in [-0.15, -0.1) is 0 Å². The normalized spacial score (nSPS) is 12.3. The summed E-state index contributed by atoms with van der Waals surface area (Å²) >= 11 is 7.11. The van der Waals surface area contributed by atoms with Crippen LogP contribution in [0.25, 0.3) is 0 Å². The van der Waals surface area contributed by atoms with Crippen molar-refractivity contribution in [1.82, 2.24) is 0 Å². The lowest BCUT2D eigenvalue weighted by molar-refractivity contribution is 0.410. The van der Waals surface area contributed by atoms with E-state index < -0.39 is 0 Å². The molecule has 0 aliphatic heterocycles. The Balaban J connectivity index is 2.45. The standard InChI is InChI=1S/C15H13Br2FO/c1-9-7-10(3-5-13(9)18)15(17)12-8-11(16)4-6-14(12)19-2/h3-8,15H,1-2H3. The van der Waals surface area contributed by atoms with Crippen molar-refractivity contribution in [2.45, 2.75) is 11.8 Å². The number of aryl methyl sites for hydroxylation is 1. The van der Waals surface area contributed by atoms with Gasteiger partial charge in [0, 0.05) is 10.0 Å². The minimum Gasteiger partial charge on any atom is -0.496 e. The van der Waals surface area contributed by atoms with Gasteiger partial charge in [-0.2, -0.15) is 0 Å². The van der Waals surface area contributed by atoms with Crippen molar-refractivity contribution in [3.63, 3.8) is 0 Å². The van der Waals surface area contributed by atoms with Gasteiger partial charge in [-0.1, -0.05) is 44.0 Å². The van der Waals surface area contributed by atoms with E-state index in [2.05, 4.69) is 31.9 Å². The highest BCUT2D eigenvalue weighted by Gasteiger charge is 2.16. The molecule has 2 rings (SSSR count). The van der Waals surface area contributed by atoms with Crippen LogP contribution in [0.5, 0.6) is 5.75 Å². The first-order valence-corrected chi connectivity index (χ1v) is 7.47. The Morgan fingerprint density at radius 3 is 2.53 bits per heavy atom. The molecule has 0 aromatic heterocycles. The second-order valence-electron chi connectivity index (χ2n) is 4.26. The Labute approximate surface area is 129 Å². The molecule has 0 amide bonds. The maximum Gasteiger partial charge on any atom is 0.126 e. The summed E-state index contributed by atoms with van der Waals surface area (Å²) in [6, 6.07) is 10.9. The number of hydrogen-bond donors (Lipinski definition) is 0. The molecule has 2 aromatic carbocycles. The van der Waals surface area contributed by atoms with Crippen LogP contribution < -0.4 is 4.74 Å². The van der Waals surface area contributed by atoms with Gasteiger partial charge in [-0.3, -0.25) is 0 Å². The van der Waals surface area contributed by atoms with Gasteiger partial charge in [0.25, 0.3) is 0 Å². The van der Waals surface area contributed by atoms with Gasteiger partial charge in [-0.05, 0) is 42.3 Å². The molecule has 2 aromatic rings. The van der Waals surface area contributed by atoms with Crippen LogP contribution in [-0.4, -0.2) is 7.11 Å². The molecule has 0 aliphatic rings. The predicted molar refractivity (Wildman–Crippen MR) is 82.6 cm³/mol. The van der Waals surface area contributed by atoms with Crippen molar-refractivity contribution in [3.8, 4) is 5.75 Å². The van der Waals surface area contributed by atoms with Crippen molar-refractivity contribution in [2.75, 3.05) is 7.11 Å². The van der Waals surface area contributed by atoms with Gasteiger partial charge < -0.3 is 4.74 Å². The highest BCUT2D eigenvalue weighted by molar-refractivity contribution is 9.10. The third-order valence-electron chi connectivity index (χ3n) is 2.94. The summed E-state index contributed by atoms with van der Waals surface area (Å²) in [4.78, 5) is -0.0424. The molecule has 100 valence electrons. The number of alkyl halides is 1. The van der Waals surface area contributed by atoms with E-state index in [1.54, 1.807) is 20.1 Å². The molecular weight excluding hydrogens is 375 g/mol. The van der Waals surface area contributed by atoms with Gasteiger partial charge in [-0.25, -0.2) is 4.39 Å². The summed E-state index contributed by atoms with van der Waals surface area (Å²) < 4.78 is 19.7. The van der Waals surface area contributed by atoms with E-state index in [4.69, 9.17) is 4.74 Å². The molecule has 1 atom stereocenters. The Hall–Kier alpha value is -0.870. The first-order valence-electron chi connectivity index (χ1n) is 5.76. The smallest absolute Gasteiger partial charge is 0.126 e. The van der Waals surface area contributed by atoms with Crippen molar-refractivity contribution in [1.29, 1.82) is 0 Å². The zero-order valence-corrected chi connectivity index (χ0v) is 13.8. The molecule has 0 radical (unpaired) electrons. The fourth-order valence-corrected chi connectivity index (χ4v) is 2.93. The summed E-state index contributed by atoms with van der Waals surface area (Å²) in [5, 5.41) is 0. The van der Waals surface area contributed by atoms with E-state index in [0.717, 1.165) is 21.3 Å². The molecule has 0 heterocycles. The van der Waals surface area contributed by atoms with Gasteiger partial charge in [0.2, 0.25) is 0 Å². The molecule has 0 saturated heterocycles. The molecule has 1 nitrogen and oxygen atoms in total. The molecule has 0 bridgehead atoms. The van der Waals surface area contributed by atoms with Gasteiger partial charge in [0.1, 0.15) is 11.6 Å². The van der Waals surface area contributed by atoms with E-state index in [-0.39, 0.29) is 10.6 Å². The number of hydrogen-bond acceptors (Lipinski definition) is 1. The monoisotopic (exact) mass is 386 g/mol. The van der Waals surface area contributed by atoms with E-state index in [1.807, 2.05) is 24.3 Å². The Morgan fingerprint density at radius 1 is 1.16 bits per heavy atom. The zero-order chi connectivity index (χ0) is 14.0. The first kappa shape index (κ1) is 14.5. The van der Waals surface area contributed by atoms with Crippen molar-refractivity contribution in [3.05, 3.63) is 63.4 Å². The Bertz CT molecular complexity index is 599. The molecular formula is C15H13Br2FO.